The topological polar surface area (TPSA) is 0 Å². The molecule has 82 valence electrons. The van der Waals surface area contributed by atoms with Gasteiger partial charge in [0, 0.05) is 6.92 Å². The van der Waals surface area contributed by atoms with E-state index in [-0.39, 0.29) is 13.0 Å². The minimum absolute atomic E-state index is 0.197. The van der Waals surface area contributed by atoms with E-state index in [0.29, 0.717) is 5.56 Å². The fraction of sp³-hybridized carbons (Fsp3) is 0.273. The fourth-order valence-electron chi connectivity index (χ4n) is 0.911. The number of hydrogen-bond acceptors (Lipinski definition) is 0. The average Bonchev–Trinajstić information content (AvgIpc) is 2.15. The van der Waals surface area contributed by atoms with Gasteiger partial charge in [0.25, 0.3) is 0 Å². The Bertz CT molecular complexity index is 335. The van der Waals surface area contributed by atoms with Crippen LogP contribution in [-0.4, -0.2) is 11.8 Å². The molecule has 0 fully saturated rings. The Hall–Kier alpha value is -1.32. The van der Waals surface area contributed by atoms with Crippen LogP contribution in [0.5, 0.6) is 0 Å². The SMILES string of the molecule is CC(F)(F)C(F)(F)C=Cc1ccccc1. The van der Waals surface area contributed by atoms with E-state index in [1.54, 1.807) is 30.3 Å². The molecule has 0 unspecified atom stereocenters. The number of hydrogen-bond donors (Lipinski definition) is 0. The molecule has 0 saturated carbocycles. The molecule has 0 amide bonds. The quantitative estimate of drug-likeness (QED) is 0.673. The summed E-state index contributed by atoms with van der Waals surface area (Å²) in [6, 6.07) is 8.11. The molecule has 0 aliphatic rings. The van der Waals surface area contributed by atoms with Crippen LogP contribution in [-0.2, 0) is 0 Å². The minimum atomic E-state index is -4.12. The largest absolute Gasteiger partial charge is 0.328 e. The van der Waals surface area contributed by atoms with E-state index in [1.165, 1.54) is 0 Å². The van der Waals surface area contributed by atoms with Gasteiger partial charge in [-0.1, -0.05) is 36.4 Å². The molecular formula is C11H10F4. The van der Waals surface area contributed by atoms with Gasteiger partial charge in [-0.05, 0) is 11.6 Å². The van der Waals surface area contributed by atoms with Crippen molar-refractivity contribution in [1.29, 1.82) is 0 Å². The number of halogens is 4. The Kier molecular flexibility index (Phi) is 3.17. The van der Waals surface area contributed by atoms with Crippen molar-refractivity contribution in [2.24, 2.45) is 0 Å². The van der Waals surface area contributed by atoms with Crippen molar-refractivity contribution in [3.8, 4) is 0 Å². The molecule has 0 nitrogen and oxygen atoms in total. The fourth-order valence-corrected chi connectivity index (χ4v) is 0.911. The van der Waals surface area contributed by atoms with E-state index in [0.717, 1.165) is 6.08 Å². The third-order valence-electron chi connectivity index (χ3n) is 1.87. The molecule has 0 aliphatic heterocycles. The molecular weight excluding hydrogens is 208 g/mol. The molecule has 0 aliphatic carbocycles. The highest BCUT2D eigenvalue weighted by atomic mass is 19.3. The second-order valence-electron chi connectivity index (χ2n) is 3.26. The van der Waals surface area contributed by atoms with E-state index in [1.807, 2.05) is 0 Å². The highest BCUT2D eigenvalue weighted by molar-refractivity contribution is 5.50. The van der Waals surface area contributed by atoms with Gasteiger partial charge in [-0.3, -0.25) is 0 Å². The van der Waals surface area contributed by atoms with Crippen molar-refractivity contribution in [3.05, 3.63) is 42.0 Å². The first-order chi connectivity index (χ1) is 6.83. The van der Waals surface area contributed by atoms with Crippen molar-refractivity contribution in [2.45, 2.75) is 18.8 Å². The first kappa shape index (κ1) is 11.8. The Balaban J connectivity index is 2.83. The van der Waals surface area contributed by atoms with Crippen molar-refractivity contribution in [2.75, 3.05) is 0 Å². The Morgan fingerprint density at radius 1 is 1.00 bits per heavy atom. The lowest BCUT2D eigenvalue weighted by atomic mass is 10.1. The number of rotatable bonds is 3. The highest BCUT2D eigenvalue weighted by Crippen LogP contribution is 2.35. The summed E-state index contributed by atoms with van der Waals surface area (Å²) in [4.78, 5) is 0. The molecule has 0 saturated heterocycles. The van der Waals surface area contributed by atoms with Crippen LogP contribution >= 0.6 is 0 Å². The second kappa shape index (κ2) is 4.04. The average molecular weight is 218 g/mol. The standard InChI is InChI=1S/C11H10F4/c1-10(12,13)11(14,15)8-7-9-5-3-2-4-6-9/h2-8H,1H3. The van der Waals surface area contributed by atoms with E-state index in [4.69, 9.17) is 0 Å². The van der Waals surface area contributed by atoms with Crippen LogP contribution in [0.15, 0.2) is 36.4 Å². The van der Waals surface area contributed by atoms with Crippen LogP contribution in [0.25, 0.3) is 6.08 Å². The van der Waals surface area contributed by atoms with Crippen molar-refractivity contribution in [1.82, 2.24) is 0 Å². The maximum absolute atomic E-state index is 12.8. The zero-order valence-corrected chi connectivity index (χ0v) is 8.05. The third kappa shape index (κ3) is 3.08. The van der Waals surface area contributed by atoms with Gasteiger partial charge >= 0.3 is 11.8 Å². The summed E-state index contributed by atoms with van der Waals surface area (Å²) < 4.78 is 50.4. The van der Waals surface area contributed by atoms with Crippen molar-refractivity contribution >= 4 is 6.08 Å². The molecule has 1 aromatic carbocycles. The van der Waals surface area contributed by atoms with Gasteiger partial charge in [0.05, 0.1) is 0 Å². The third-order valence-corrected chi connectivity index (χ3v) is 1.87. The normalized spacial score (nSPS) is 13.4. The maximum atomic E-state index is 12.8. The summed E-state index contributed by atoms with van der Waals surface area (Å²) in [5.74, 6) is -8.17. The summed E-state index contributed by atoms with van der Waals surface area (Å²) in [5, 5.41) is 0. The molecule has 0 bridgehead atoms. The Morgan fingerprint density at radius 2 is 1.53 bits per heavy atom. The lowest BCUT2D eigenvalue weighted by Crippen LogP contribution is -2.35. The van der Waals surface area contributed by atoms with Gasteiger partial charge in [0.15, 0.2) is 0 Å². The first-order valence-corrected chi connectivity index (χ1v) is 4.33. The molecule has 0 N–H and O–H groups in total. The zero-order valence-electron chi connectivity index (χ0n) is 8.05. The monoisotopic (exact) mass is 218 g/mol. The van der Waals surface area contributed by atoms with E-state index < -0.39 is 11.8 Å². The van der Waals surface area contributed by atoms with Crippen LogP contribution in [0.4, 0.5) is 17.6 Å². The highest BCUT2D eigenvalue weighted by Gasteiger charge is 2.49. The molecule has 1 aromatic rings. The predicted octanol–water partition coefficient (Wildman–Crippen LogP) is 3.99. The number of benzene rings is 1. The van der Waals surface area contributed by atoms with E-state index >= 15 is 0 Å². The van der Waals surface area contributed by atoms with Gasteiger partial charge in [-0.15, -0.1) is 0 Å². The van der Waals surface area contributed by atoms with E-state index in [9.17, 15) is 17.6 Å². The van der Waals surface area contributed by atoms with Crippen LogP contribution in [0, 0.1) is 0 Å². The zero-order chi connectivity index (χ0) is 11.5. The summed E-state index contributed by atoms with van der Waals surface area (Å²) >= 11 is 0. The maximum Gasteiger partial charge on any atom is 0.328 e. The number of alkyl halides is 4. The molecule has 0 radical (unpaired) electrons. The Morgan fingerprint density at radius 3 is 2.00 bits per heavy atom. The van der Waals surface area contributed by atoms with Gasteiger partial charge in [0.1, 0.15) is 0 Å². The van der Waals surface area contributed by atoms with Gasteiger partial charge < -0.3 is 0 Å². The summed E-state index contributed by atoms with van der Waals surface area (Å²) in [5.41, 5.74) is 0.460. The molecule has 1 rings (SSSR count). The minimum Gasteiger partial charge on any atom is -0.200 e. The Labute approximate surface area is 85.2 Å². The summed E-state index contributed by atoms with van der Waals surface area (Å²) in [6.07, 6.45) is 1.21. The predicted molar refractivity (Wildman–Crippen MR) is 51.0 cm³/mol. The van der Waals surface area contributed by atoms with E-state index in [2.05, 4.69) is 0 Å². The molecule has 0 heterocycles. The molecule has 4 heteroatoms. The van der Waals surface area contributed by atoms with Crippen LogP contribution in [0.2, 0.25) is 0 Å². The molecule has 0 aromatic heterocycles. The molecule has 0 spiro atoms. The smallest absolute Gasteiger partial charge is 0.200 e. The van der Waals surface area contributed by atoms with Crippen molar-refractivity contribution in [3.63, 3.8) is 0 Å². The van der Waals surface area contributed by atoms with Gasteiger partial charge in [-0.2, -0.15) is 17.6 Å². The summed E-state index contributed by atoms with van der Waals surface area (Å²) in [7, 11) is 0. The van der Waals surface area contributed by atoms with Crippen LogP contribution in [0.1, 0.15) is 12.5 Å². The first-order valence-electron chi connectivity index (χ1n) is 4.33. The molecule has 0 atom stereocenters. The lowest BCUT2D eigenvalue weighted by molar-refractivity contribution is -0.166. The lowest BCUT2D eigenvalue weighted by Gasteiger charge is -2.19. The second-order valence-corrected chi connectivity index (χ2v) is 3.26. The van der Waals surface area contributed by atoms with Gasteiger partial charge in [0.2, 0.25) is 0 Å². The number of allylic oxidation sites excluding steroid dienone is 1. The van der Waals surface area contributed by atoms with Gasteiger partial charge in [-0.25, -0.2) is 0 Å². The summed E-state index contributed by atoms with van der Waals surface area (Å²) in [6.45, 7) is 0.197. The van der Waals surface area contributed by atoms with Crippen molar-refractivity contribution < 1.29 is 17.6 Å². The van der Waals surface area contributed by atoms with Crippen LogP contribution in [0.3, 0.4) is 0 Å². The van der Waals surface area contributed by atoms with Crippen LogP contribution < -0.4 is 0 Å². The molecule has 15 heavy (non-hydrogen) atoms.